The molecule has 2 rings (SSSR count). The van der Waals surface area contributed by atoms with Crippen molar-refractivity contribution in [3.63, 3.8) is 0 Å². The van der Waals surface area contributed by atoms with Gasteiger partial charge < -0.3 is 10.6 Å². The number of hydrogen-bond donors (Lipinski definition) is 3. The van der Waals surface area contributed by atoms with Crippen LogP contribution in [0.15, 0.2) is 5.10 Å². The minimum Gasteiger partial charge on any atom is -0.348 e. The van der Waals surface area contributed by atoms with Crippen molar-refractivity contribution in [3.8, 4) is 0 Å². The van der Waals surface area contributed by atoms with Gasteiger partial charge in [-0.3, -0.25) is 9.59 Å². The molecule has 3 N–H and O–H groups in total. The van der Waals surface area contributed by atoms with E-state index in [1.54, 1.807) is 0 Å². The molecule has 17 heavy (non-hydrogen) atoms. The smallest absolute Gasteiger partial charge is 0.267 e. The first kappa shape index (κ1) is 12.0. The van der Waals surface area contributed by atoms with E-state index < -0.39 is 0 Å². The lowest BCUT2D eigenvalue weighted by Gasteiger charge is -2.18. The summed E-state index contributed by atoms with van der Waals surface area (Å²) in [6.45, 7) is 1.96. The van der Waals surface area contributed by atoms with Crippen LogP contribution >= 0.6 is 0 Å². The fourth-order valence-corrected chi connectivity index (χ4v) is 2.07. The molecule has 1 atom stereocenters. The van der Waals surface area contributed by atoms with Crippen LogP contribution in [0.25, 0.3) is 0 Å². The van der Waals surface area contributed by atoms with Gasteiger partial charge in [-0.25, -0.2) is 5.43 Å². The lowest BCUT2D eigenvalue weighted by molar-refractivity contribution is -0.121. The molecule has 0 saturated carbocycles. The number of rotatable bonds is 2. The van der Waals surface area contributed by atoms with Crippen molar-refractivity contribution in [2.24, 2.45) is 5.10 Å². The SMILES string of the molecule is O=C1CCC(C(=O)NC2CCCNCC2)=NN1. The summed E-state index contributed by atoms with van der Waals surface area (Å²) in [5, 5.41) is 10.1. The molecule has 6 heteroatoms. The molecule has 0 aliphatic carbocycles. The maximum absolute atomic E-state index is 11.9. The zero-order valence-electron chi connectivity index (χ0n) is 9.79. The summed E-state index contributed by atoms with van der Waals surface area (Å²) in [7, 11) is 0. The number of carbonyl (C=O) groups is 2. The Kier molecular flexibility index (Phi) is 4.08. The van der Waals surface area contributed by atoms with E-state index >= 15 is 0 Å². The minimum absolute atomic E-state index is 0.125. The normalized spacial score (nSPS) is 25.5. The molecule has 2 heterocycles. The second-order valence-electron chi connectivity index (χ2n) is 4.44. The second-order valence-corrected chi connectivity index (χ2v) is 4.44. The van der Waals surface area contributed by atoms with Crippen LogP contribution in [0.3, 0.4) is 0 Å². The molecule has 2 aliphatic rings. The molecule has 1 unspecified atom stereocenters. The Bertz CT molecular complexity index is 332. The van der Waals surface area contributed by atoms with E-state index in [-0.39, 0.29) is 17.9 Å². The van der Waals surface area contributed by atoms with Crippen LogP contribution in [-0.2, 0) is 9.59 Å². The van der Waals surface area contributed by atoms with Gasteiger partial charge in [0.25, 0.3) is 5.91 Å². The number of hydrogen-bond acceptors (Lipinski definition) is 4. The van der Waals surface area contributed by atoms with Crippen molar-refractivity contribution in [1.29, 1.82) is 0 Å². The monoisotopic (exact) mass is 238 g/mol. The fourth-order valence-electron chi connectivity index (χ4n) is 2.07. The first-order valence-corrected chi connectivity index (χ1v) is 6.12. The largest absolute Gasteiger partial charge is 0.348 e. The van der Waals surface area contributed by atoms with Crippen molar-refractivity contribution in [3.05, 3.63) is 0 Å². The Balaban J connectivity index is 1.85. The molecule has 0 aromatic heterocycles. The highest BCUT2D eigenvalue weighted by Gasteiger charge is 2.21. The maximum atomic E-state index is 11.9. The standard InChI is InChI=1S/C11H18N4O2/c16-10-4-3-9(14-15-10)11(17)13-8-2-1-6-12-7-5-8/h8,12H,1-7H2,(H,13,17)(H,15,16). The Morgan fingerprint density at radius 2 is 2.18 bits per heavy atom. The third-order valence-electron chi connectivity index (χ3n) is 3.08. The average Bonchev–Trinajstić information content (AvgIpc) is 2.58. The average molecular weight is 238 g/mol. The zero-order chi connectivity index (χ0) is 12.1. The molecule has 2 aliphatic heterocycles. The predicted octanol–water partition coefficient (Wildman–Crippen LogP) is -0.489. The van der Waals surface area contributed by atoms with Gasteiger partial charge in [0.05, 0.1) is 0 Å². The summed E-state index contributed by atoms with van der Waals surface area (Å²) in [6.07, 6.45) is 3.80. The van der Waals surface area contributed by atoms with Crippen LogP contribution in [-0.4, -0.2) is 36.7 Å². The van der Waals surface area contributed by atoms with E-state index in [1.807, 2.05) is 0 Å². The van der Waals surface area contributed by atoms with Crippen molar-refractivity contribution < 1.29 is 9.59 Å². The molecule has 0 spiro atoms. The van der Waals surface area contributed by atoms with Crippen LogP contribution in [0.5, 0.6) is 0 Å². The third-order valence-corrected chi connectivity index (χ3v) is 3.08. The third kappa shape index (κ3) is 3.52. The lowest BCUT2D eigenvalue weighted by atomic mass is 10.1. The summed E-state index contributed by atoms with van der Waals surface area (Å²) in [5.41, 5.74) is 2.77. The van der Waals surface area contributed by atoms with Crippen molar-refractivity contribution in [2.45, 2.75) is 38.1 Å². The van der Waals surface area contributed by atoms with E-state index in [9.17, 15) is 9.59 Å². The molecule has 6 nitrogen and oxygen atoms in total. The second kappa shape index (κ2) is 5.77. The van der Waals surface area contributed by atoms with Gasteiger partial charge in [0.1, 0.15) is 5.71 Å². The molecular weight excluding hydrogens is 220 g/mol. The molecule has 94 valence electrons. The van der Waals surface area contributed by atoms with E-state index in [0.29, 0.717) is 18.6 Å². The van der Waals surface area contributed by atoms with Gasteiger partial charge in [-0.05, 0) is 32.4 Å². The topological polar surface area (TPSA) is 82.6 Å². The maximum Gasteiger partial charge on any atom is 0.267 e. The molecule has 1 saturated heterocycles. The zero-order valence-corrected chi connectivity index (χ0v) is 9.79. The van der Waals surface area contributed by atoms with Gasteiger partial charge in [-0.1, -0.05) is 0 Å². The lowest BCUT2D eigenvalue weighted by Crippen LogP contribution is -2.42. The number of nitrogens with one attached hydrogen (secondary N) is 3. The number of amides is 2. The quantitative estimate of drug-likeness (QED) is 0.607. The van der Waals surface area contributed by atoms with Crippen LogP contribution < -0.4 is 16.1 Å². The summed E-state index contributed by atoms with van der Waals surface area (Å²) in [6, 6.07) is 0.220. The van der Waals surface area contributed by atoms with Crippen LogP contribution in [0.4, 0.5) is 0 Å². The first-order chi connectivity index (χ1) is 8.25. The number of carbonyl (C=O) groups excluding carboxylic acids is 2. The van der Waals surface area contributed by atoms with E-state index in [0.717, 1.165) is 32.4 Å². The summed E-state index contributed by atoms with van der Waals surface area (Å²) >= 11 is 0. The highest BCUT2D eigenvalue weighted by atomic mass is 16.2. The molecule has 0 aromatic carbocycles. The number of hydrazone groups is 1. The van der Waals surface area contributed by atoms with Crippen LogP contribution in [0, 0.1) is 0 Å². The Morgan fingerprint density at radius 1 is 1.29 bits per heavy atom. The highest BCUT2D eigenvalue weighted by Crippen LogP contribution is 2.06. The first-order valence-electron chi connectivity index (χ1n) is 6.12. The molecule has 1 fully saturated rings. The van der Waals surface area contributed by atoms with Crippen LogP contribution in [0.1, 0.15) is 32.1 Å². The molecule has 0 bridgehead atoms. The van der Waals surface area contributed by atoms with Gasteiger partial charge in [0.2, 0.25) is 5.91 Å². The van der Waals surface area contributed by atoms with Crippen molar-refractivity contribution in [1.82, 2.24) is 16.1 Å². The fraction of sp³-hybridized carbons (Fsp3) is 0.727. The Labute approximate surface area is 100 Å². The van der Waals surface area contributed by atoms with Crippen LogP contribution in [0.2, 0.25) is 0 Å². The predicted molar refractivity (Wildman–Crippen MR) is 63.5 cm³/mol. The summed E-state index contributed by atoms with van der Waals surface area (Å²) in [5.74, 6) is -0.267. The highest BCUT2D eigenvalue weighted by molar-refractivity contribution is 6.39. The molecule has 0 aromatic rings. The van der Waals surface area contributed by atoms with Gasteiger partial charge >= 0.3 is 0 Å². The molecule has 0 radical (unpaired) electrons. The number of nitrogens with zero attached hydrogens (tertiary/aromatic N) is 1. The van der Waals surface area contributed by atoms with E-state index in [4.69, 9.17) is 0 Å². The van der Waals surface area contributed by atoms with Gasteiger partial charge in [0, 0.05) is 18.9 Å². The molecule has 2 amide bonds. The Hall–Kier alpha value is -1.43. The van der Waals surface area contributed by atoms with Gasteiger partial charge in [-0.2, -0.15) is 5.10 Å². The van der Waals surface area contributed by atoms with Crippen molar-refractivity contribution in [2.75, 3.05) is 13.1 Å². The van der Waals surface area contributed by atoms with Crippen molar-refractivity contribution >= 4 is 17.5 Å². The minimum atomic E-state index is -0.142. The van der Waals surface area contributed by atoms with E-state index in [2.05, 4.69) is 21.2 Å². The van der Waals surface area contributed by atoms with Gasteiger partial charge in [-0.15, -0.1) is 0 Å². The summed E-state index contributed by atoms with van der Waals surface area (Å²) in [4.78, 5) is 22.8. The van der Waals surface area contributed by atoms with E-state index in [1.165, 1.54) is 0 Å². The van der Waals surface area contributed by atoms with Gasteiger partial charge in [0.15, 0.2) is 0 Å². The Morgan fingerprint density at radius 3 is 2.94 bits per heavy atom. The summed E-state index contributed by atoms with van der Waals surface area (Å²) < 4.78 is 0. The molecular formula is C11H18N4O2.